The van der Waals surface area contributed by atoms with Crippen molar-refractivity contribution in [3.05, 3.63) is 35.9 Å². The smallest absolute Gasteiger partial charge is 0.234 e. The first-order valence-corrected chi connectivity index (χ1v) is 8.60. The van der Waals surface area contributed by atoms with Gasteiger partial charge in [0.25, 0.3) is 0 Å². The summed E-state index contributed by atoms with van der Waals surface area (Å²) >= 11 is 0. The van der Waals surface area contributed by atoms with E-state index in [-0.39, 0.29) is 12.0 Å². The van der Waals surface area contributed by atoms with Crippen LogP contribution in [0.3, 0.4) is 0 Å². The van der Waals surface area contributed by atoms with Crippen LogP contribution >= 0.6 is 0 Å². The third-order valence-corrected chi connectivity index (χ3v) is 4.35. The first-order valence-electron chi connectivity index (χ1n) is 8.60. The number of benzene rings is 1. The van der Waals surface area contributed by atoms with E-state index in [0.717, 1.165) is 39.1 Å². The molecule has 5 heteroatoms. The molecule has 1 aliphatic rings. The van der Waals surface area contributed by atoms with E-state index in [1.807, 2.05) is 13.0 Å². The highest BCUT2D eigenvalue weighted by Gasteiger charge is 2.18. The molecule has 5 nitrogen and oxygen atoms in total. The normalized spacial score (nSPS) is 17.8. The minimum absolute atomic E-state index is 0.0600. The van der Waals surface area contributed by atoms with Crippen molar-refractivity contribution in [2.24, 2.45) is 0 Å². The molecule has 0 bridgehead atoms. The van der Waals surface area contributed by atoms with E-state index in [0.29, 0.717) is 19.5 Å². The predicted octanol–water partition coefficient (Wildman–Crippen LogP) is 1.08. The highest BCUT2D eigenvalue weighted by molar-refractivity contribution is 5.77. The van der Waals surface area contributed by atoms with Gasteiger partial charge in [-0.15, -0.1) is 0 Å². The number of rotatable bonds is 8. The lowest BCUT2D eigenvalue weighted by Crippen LogP contribution is -2.49. The molecule has 0 aromatic heterocycles. The van der Waals surface area contributed by atoms with Gasteiger partial charge in [-0.05, 0) is 18.4 Å². The van der Waals surface area contributed by atoms with Crippen LogP contribution < -0.4 is 5.32 Å². The molecular formula is C18H29N3O2. The van der Waals surface area contributed by atoms with Crippen molar-refractivity contribution in [2.45, 2.75) is 32.4 Å². The third-order valence-electron chi connectivity index (χ3n) is 4.35. The van der Waals surface area contributed by atoms with Crippen molar-refractivity contribution >= 4 is 5.91 Å². The molecule has 1 heterocycles. The Morgan fingerprint density at radius 3 is 2.48 bits per heavy atom. The fourth-order valence-corrected chi connectivity index (χ4v) is 2.79. The Kier molecular flexibility index (Phi) is 7.52. The molecule has 1 aliphatic heterocycles. The SMILES string of the molecule is CCC(O)CCNC(=O)CN1CCN(Cc2ccccc2)CC1. The van der Waals surface area contributed by atoms with E-state index in [9.17, 15) is 9.90 Å². The number of aliphatic hydroxyl groups excluding tert-OH is 1. The molecule has 23 heavy (non-hydrogen) atoms. The van der Waals surface area contributed by atoms with Crippen molar-refractivity contribution in [3.63, 3.8) is 0 Å². The van der Waals surface area contributed by atoms with Crippen LogP contribution in [0.4, 0.5) is 0 Å². The van der Waals surface area contributed by atoms with Crippen molar-refractivity contribution in [1.29, 1.82) is 0 Å². The number of carbonyl (C=O) groups is 1. The Hall–Kier alpha value is -1.43. The first-order chi connectivity index (χ1) is 11.2. The Bertz CT molecular complexity index is 459. The molecule has 2 N–H and O–H groups in total. The Labute approximate surface area is 139 Å². The molecule has 128 valence electrons. The van der Waals surface area contributed by atoms with E-state index in [1.165, 1.54) is 5.56 Å². The molecule has 1 amide bonds. The van der Waals surface area contributed by atoms with Crippen molar-refractivity contribution < 1.29 is 9.90 Å². The average Bonchev–Trinajstić information content (AvgIpc) is 2.57. The highest BCUT2D eigenvalue weighted by atomic mass is 16.3. The van der Waals surface area contributed by atoms with Gasteiger partial charge in [0.15, 0.2) is 0 Å². The topological polar surface area (TPSA) is 55.8 Å². The summed E-state index contributed by atoms with van der Waals surface area (Å²) in [6.07, 6.45) is 1.06. The summed E-state index contributed by atoms with van der Waals surface area (Å²) in [5.74, 6) is 0.0600. The first kappa shape index (κ1) is 17.9. The number of nitrogens with zero attached hydrogens (tertiary/aromatic N) is 2. The maximum absolute atomic E-state index is 11.9. The number of hydrogen-bond acceptors (Lipinski definition) is 4. The molecule has 0 spiro atoms. The van der Waals surface area contributed by atoms with Gasteiger partial charge in [-0.25, -0.2) is 0 Å². The van der Waals surface area contributed by atoms with E-state index in [2.05, 4.69) is 39.4 Å². The number of aliphatic hydroxyl groups is 1. The Morgan fingerprint density at radius 2 is 1.83 bits per heavy atom. The summed E-state index contributed by atoms with van der Waals surface area (Å²) < 4.78 is 0. The van der Waals surface area contributed by atoms with Gasteiger partial charge < -0.3 is 10.4 Å². The molecule has 1 aromatic rings. The maximum Gasteiger partial charge on any atom is 0.234 e. The van der Waals surface area contributed by atoms with Crippen molar-refractivity contribution in [2.75, 3.05) is 39.3 Å². The van der Waals surface area contributed by atoms with E-state index < -0.39 is 0 Å². The lowest BCUT2D eigenvalue weighted by Gasteiger charge is -2.34. The maximum atomic E-state index is 11.9. The van der Waals surface area contributed by atoms with E-state index >= 15 is 0 Å². The molecule has 1 saturated heterocycles. The molecule has 0 saturated carbocycles. The number of piperazine rings is 1. The minimum Gasteiger partial charge on any atom is -0.393 e. The fraction of sp³-hybridized carbons (Fsp3) is 0.611. The fourth-order valence-electron chi connectivity index (χ4n) is 2.79. The summed E-state index contributed by atoms with van der Waals surface area (Å²) in [5, 5.41) is 12.4. The number of amides is 1. The molecule has 1 unspecified atom stereocenters. The largest absolute Gasteiger partial charge is 0.393 e. The zero-order chi connectivity index (χ0) is 16.5. The Balaban J connectivity index is 1.61. The summed E-state index contributed by atoms with van der Waals surface area (Å²) in [6.45, 7) is 7.80. The van der Waals surface area contributed by atoms with Crippen LogP contribution in [-0.2, 0) is 11.3 Å². The van der Waals surface area contributed by atoms with Gasteiger partial charge in [0.05, 0.1) is 12.6 Å². The van der Waals surface area contributed by atoms with Crippen LogP contribution in [0.25, 0.3) is 0 Å². The van der Waals surface area contributed by atoms with Gasteiger partial charge in [0, 0.05) is 39.3 Å². The van der Waals surface area contributed by atoms with Crippen LogP contribution in [0.1, 0.15) is 25.3 Å². The summed E-state index contributed by atoms with van der Waals surface area (Å²) in [7, 11) is 0. The minimum atomic E-state index is -0.308. The second-order valence-corrected chi connectivity index (χ2v) is 6.24. The zero-order valence-corrected chi connectivity index (χ0v) is 14.1. The lowest BCUT2D eigenvalue weighted by atomic mass is 10.2. The van der Waals surface area contributed by atoms with Crippen molar-refractivity contribution in [1.82, 2.24) is 15.1 Å². The van der Waals surface area contributed by atoms with Crippen LogP contribution in [0.15, 0.2) is 30.3 Å². The van der Waals surface area contributed by atoms with Gasteiger partial charge in [0.2, 0.25) is 5.91 Å². The molecule has 0 aliphatic carbocycles. The second kappa shape index (κ2) is 9.65. The van der Waals surface area contributed by atoms with Crippen LogP contribution in [0, 0.1) is 0 Å². The highest BCUT2D eigenvalue weighted by Crippen LogP contribution is 2.08. The third kappa shape index (κ3) is 6.69. The predicted molar refractivity (Wildman–Crippen MR) is 92.1 cm³/mol. The summed E-state index contributed by atoms with van der Waals surface area (Å²) in [4.78, 5) is 16.5. The van der Waals surface area contributed by atoms with E-state index in [4.69, 9.17) is 0 Å². The van der Waals surface area contributed by atoms with Crippen molar-refractivity contribution in [3.8, 4) is 0 Å². The van der Waals surface area contributed by atoms with Crippen LogP contribution in [-0.4, -0.2) is 66.2 Å². The molecule has 1 atom stereocenters. The van der Waals surface area contributed by atoms with Gasteiger partial charge in [-0.2, -0.15) is 0 Å². The van der Waals surface area contributed by atoms with Gasteiger partial charge in [0.1, 0.15) is 0 Å². The Morgan fingerprint density at radius 1 is 1.17 bits per heavy atom. The number of carbonyl (C=O) groups excluding carboxylic acids is 1. The molecular weight excluding hydrogens is 290 g/mol. The quantitative estimate of drug-likeness (QED) is 0.753. The van der Waals surface area contributed by atoms with Gasteiger partial charge in [-0.1, -0.05) is 37.3 Å². The van der Waals surface area contributed by atoms with Crippen LogP contribution in [0.2, 0.25) is 0 Å². The monoisotopic (exact) mass is 319 g/mol. The standard InChI is InChI=1S/C18H29N3O2/c1-2-17(22)8-9-19-18(23)15-21-12-10-20(11-13-21)14-16-6-4-3-5-7-16/h3-7,17,22H,2,8-15H2,1H3,(H,19,23). The number of nitrogens with one attached hydrogen (secondary N) is 1. The lowest BCUT2D eigenvalue weighted by molar-refractivity contribution is -0.122. The molecule has 0 radical (unpaired) electrons. The zero-order valence-electron chi connectivity index (χ0n) is 14.1. The molecule has 2 rings (SSSR count). The van der Waals surface area contributed by atoms with Gasteiger partial charge >= 0.3 is 0 Å². The number of hydrogen-bond donors (Lipinski definition) is 2. The second-order valence-electron chi connectivity index (χ2n) is 6.24. The summed E-state index contributed by atoms with van der Waals surface area (Å²) in [5.41, 5.74) is 1.34. The summed E-state index contributed by atoms with van der Waals surface area (Å²) in [6, 6.07) is 10.5. The van der Waals surface area contributed by atoms with Gasteiger partial charge in [-0.3, -0.25) is 14.6 Å². The van der Waals surface area contributed by atoms with Crippen LogP contribution in [0.5, 0.6) is 0 Å². The molecule has 1 aromatic carbocycles. The average molecular weight is 319 g/mol. The van der Waals surface area contributed by atoms with E-state index in [1.54, 1.807) is 0 Å². The molecule has 1 fully saturated rings.